The van der Waals surface area contributed by atoms with Crippen molar-refractivity contribution >= 4 is 0 Å². The van der Waals surface area contributed by atoms with Gasteiger partial charge in [-0.15, -0.1) is 0 Å². The highest BCUT2D eigenvalue weighted by atomic mass is 16.7. The standard InChI is InChI=1S/C6H13NO2/c1-6(8-2)5-7-3-4-9-6/h7H,3-5H2,1-2H3. The summed E-state index contributed by atoms with van der Waals surface area (Å²) in [5, 5.41) is 3.18. The SMILES string of the molecule is COC1(C)CNCCO1. The minimum absolute atomic E-state index is 0.391. The average Bonchev–Trinajstić information content (AvgIpc) is 1.90. The summed E-state index contributed by atoms with van der Waals surface area (Å²) in [5.41, 5.74) is 0. The summed E-state index contributed by atoms with van der Waals surface area (Å²) in [6, 6.07) is 0. The van der Waals surface area contributed by atoms with E-state index >= 15 is 0 Å². The molecule has 0 radical (unpaired) electrons. The van der Waals surface area contributed by atoms with Gasteiger partial charge in [0.25, 0.3) is 0 Å². The van der Waals surface area contributed by atoms with E-state index in [1.54, 1.807) is 7.11 Å². The highest BCUT2D eigenvalue weighted by Crippen LogP contribution is 2.11. The van der Waals surface area contributed by atoms with E-state index in [4.69, 9.17) is 9.47 Å². The van der Waals surface area contributed by atoms with Crippen LogP contribution in [0.3, 0.4) is 0 Å². The van der Waals surface area contributed by atoms with E-state index in [0.717, 1.165) is 19.7 Å². The predicted octanol–water partition coefficient (Wildman–Crippen LogP) is -0.0312. The first-order valence-electron chi connectivity index (χ1n) is 3.17. The number of nitrogens with one attached hydrogen (secondary N) is 1. The van der Waals surface area contributed by atoms with E-state index in [9.17, 15) is 0 Å². The second kappa shape index (κ2) is 2.64. The van der Waals surface area contributed by atoms with Gasteiger partial charge < -0.3 is 14.8 Å². The van der Waals surface area contributed by atoms with Crippen molar-refractivity contribution in [1.82, 2.24) is 5.32 Å². The quantitative estimate of drug-likeness (QED) is 0.542. The first-order valence-corrected chi connectivity index (χ1v) is 3.17. The van der Waals surface area contributed by atoms with Gasteiger partial charge in [-0.3, -0.25) is 0 Å². The Morgan fingerprint density at radius 3 is 2.78 bits per heavy atom. The topological polar surface area (TPSA) is 30.5 Å². The lowest BCUT2D eigenvalue weighted by Crippen LogP contribution is -2.48. The molecule has 1 N–H and O–H groups in total. The molecular formula is C6H13NO2. The Hall–Kier alpha value is -0.120. The Labute approximate surface area is 55.3 Å². The fourth-order valence-electron chi connectivity index (χ4n) is 0.837. The molecule has 0 bridgehead atoms. The van der Waals surface area contributed by atoms with Crippen molar-refractivity contribution in [2.45, 2.75) is 12.7 Å². The number of rotatable bonds is 1. The Kier molecular flexibility index (Phi) is 2.05. The van der Waals surface area contributed by atoms with Crippen LogP contribution in [0.1, 0.15) is 6.92 Å². The van der Waals surface area contributed by atoms with Crippen LogP contribution in [0.5, 0.6) is 0 Å². The van der Waals surface area contributed by atoms with Gasteiger partial charge >= 0.3 is 0 Å². The summed E-state index contributed by atoms with van der Waals surface area (Å²) in [6.45, 7) is 4.38. The van der Waals surface area contributed by atoms with E-state index in [-0.39, 0.29) is 0 Å². The highest BCUT2D eigenvalue weighted by molar-refractivity contribution is 4.70. The van der Waals surface area contributed by atoms with Crippen molar-refractivity contribution in [1.29, 1.82) is 0 Å². The van der Waals surface area contributed by atoms with Crippen LogP contribution in [0, 0.1) is 0 Å². The first-order chi connectivity index (χ1) is 4.27. The van der Waals surface area contributed by atoms with E-state index < -0.39 is 5.79 Å². The summed E-state index contributed by atoms with van der Waals surface area (Å²) in [4.78, 5) is 0. The van der Waals surface area contributed by atoms with Gasteiger partial charge in [0.1, 0.15) is 0 Å². The smallest absolute Gasteiger partial charge is 0.177 e. The molecule has 1 aliphatic rings. The van der Waals surface area contributed by atoms with Crippen LogP contribution in [-0.4, -0.2) is 32.6 Å². The molecule has 1 atom stereocenters. The molecule has 1 unspecified atom stereocenters. The van der Waals surface area contributed by atoms with Gasteiger partial charge in [-0.05, 0) is 6.92 Å². The van der Waals surface area contributed by atoms with Gasteiger partial charge in [0, 0.05) is 20.2 Å². The van der Waals surface area contributed by atoms with Gasteiger partial charge in [-0.1, -0.05) is 0 Å². The van der Waals surface area contributed by atoms with Crippen LogP contribution < -0.4 is 5.32 Å². The Morgan fingerprint density at radius 2 is 2.44 bits per heavy atom. The predicted molar refractivity (Wildman–Crippen MR) is 34.2 cm³/mol. The second-order valence-electron chi connectivity index (χ2n) is 2.36. The Bertz CT molecular complexity index is 89.1. The zero-order valence-corrected chi connectivity index (χ0v) is 5.94. The van der Waals surface area contributed by atoms with Crippen molar-refractivity contribution in [2.24, 2.45) is 0 Å². The van der Waals surface area contributed by atoms with Crippen LogP contribution in [0.25, 0.3) is 0 Å². The van der Waals surface area contributed by atoms with Crippen LogP contribution >= 0.6 is 0 Å². The molecule has 1 aliphatic heterocycles. The second-order valence-corrected chi connectivity index (χ2v) is 2.36. The first kappa shape index (κ1) is 6.99. The lowest BCUT2D eigenvalue weighted by atomic mass is 10.3. The molecule has 0 amide bonds. The van der Waals surface area contributed by atoms with E-state index in [2.05, 4.69) is 5.32 Å². The van der Waals surface area contributed by atoms with Crippen LogP contribution in [0.2, 0.25) is 0 Å². The maximum atomic E-state index is 5.33. The van der Waals surface area contributed by atoms with Crippen molar-refractivity contribution in [3.63, 3.8) is 0 Å². The minimum Gasteiger partial charge on any atom is -0.352 e. The molecule has 0 aromatic heterocycles. The largest absolute Gasteiger partial charge is 0.352 e. The zero-order valence-electron chi connectivity index (χ0n) is 5.94. The molecule has 1 heterocycles. The molecule has 1 saturated heterocycles. The van der Waals surface area contributed by atoms with Gasteiger partial charge in [0.05, 0.1) is 6.61 Å². The summed E-state index contributed by atoms with van der Waals surface area (Å²) in [5.74, 6) is -0.391. The van der Waals surface area contributed by atoms with Crippen molar-refractivity contribution in [2.75, 3.05) is 26.8 Å². The fraction of sp³-hybridized carbons (Fsp3) is 1.00. The van der Waals surface area contributed by atoms with Crippen LogP contribution in [-0.2, 0) is 9.47 Å². The van der Waals surface area contributed by atoms with Gasteiger partial charge in [0.15, 0.2) is 5.79 Å². The third-order valence-corrected chi connectivity index (χ3v) is 1.56. The molecule has 0 saturated carbocycles. The van der Waals surface area contributed by atoms with Crippen LogP contribution in [0.4, 0.5) is 0 Å². The number of hydrogen-bond donors (Lipinski definition) is 1. The number of ether oxygens (including phenoxy) is 2. The Morgan fingerprint density at radius 1 is 1.67 bits per heavy atom. The monoisotopic (exact) mass is 131 g/mol. The molecule has 1 rings (SSSR count). The summed E-state index contributed by atoms with van der Waals surface area (Å²) < 4.78 is 10.4. The lowest BCUT2D eigenvalue weighted by Gasteiger charge is -2.32. The van der Waals surface area contributed by atoms with E-state index in [0.29, 0.717) is 0 Å². The molecule has 3 nitrogen and oxygen atoms in total. The molecule has 3 heteroatoms. The minimum atomic E-state index is -0.391. The van der Waals surface area contributed by atoms with E-state index in [1.165, 1.54) is 0 Å². The summed E-state index contributed by atoms with van der Waals surface area (Å²) >= 11 is 0. The zero-order chi connectivity index (χ0) is 6.74. The maximum absolute atomic E-state index is 5.33. The Balaban J connectivity index is 2.37. The molecule has 1 fully saturated rings. The van der Waals surface area contributed by atoms with Gasteiger partial charge in [-0.25, -0.2) is 0 Å². The van der Waals surface area contributed by atoms with Crippen molar-refractivity contribution in [3.05, 3.63) is 0 Å². The summed E-state index contributed by atoms with van der Waals surface area (Å²) in [7, 11) is 1.66. The molecule has 0 spiro atoms. The van der Waals surface area contributed by atoms with E-state index in [1.807, 2.05) is 6.92 Å². The average molecular weight is 131 g/mol. The van der Waals surface area contributed by atoms with Gasteiger partial charge in [-0.2, -0.15) is 0 Å². The normalized spacial score (nSPS) is 36.7. The number of morpholine rings is 1. The summed E-state index contributed by atoms with van der Waals surface area (Å²) in [6.07, 6.45) is 0. The fourth-order valence-corrected chi connectivity index (χ4v) is 0.837. The van der Waals surface area contributed by atoms with Crippen molar-refractivity contribution < 1.29 is 9.47 Å². The molecular weight excluding hydrogens is 118 g/mol. The third-order valence-electron chi connectivity index (χ3n) is 1.56. The third kappa shape index (κ3) is 1.64. The van der Waals surface area contributed by atoms with Gasteiger partial charge in [0.2, 0.25) is 0 Å². The molecule has 54 valence electrons. The van der Waals surface area contributed by atoms with Crippen molar-refractivity contribution in [3.8, 4) is 0 Å². The molecule has 0 aromatic rings. The lowest BCUT2D eigenvalue weighted by molar-refractivity contribution is -0.219. The number of hydrogen-bond acceptors (Lipinski definition) is 3. The number of methoxy groups -OCH3 is 1. The van der Waals surface area contributed by atoms with Crippen LogP contribution in [0.15, 0.2) is 0 Å². The molecule has 9 heavy (non-hydrogen) atoms. The molecule has 0 aromatic carbocycles. The maximum Gasteiger partial charge on any atom is 0.177 e. The molecule has 0 aliphatic carbocycles. The highest BCUT2D eigenvalue weighted by Gasteiger charge is 2.26.